The molecule has 0 aliphatic rings. The molecule has 0 aliphatic heterocycles. The number of carbonyl (C=O) groups is 1. The molecule has 0 atom stereocenters. The van der Waals surface area contributed by atoms with Gasteiger partial charge in [-0.3, -0.25) is 0 Å². The van der Waals surface area contributed by atoms with E-state index < -0.39 is 11.7 Å². The number of amides is 1. The molecule has 0 spiro atoms. The molecule has 0 unspecified atom stereocenters. The molecule has 1 amide bonds. The van der Waals surface area contributed by atoms with E-state index in [9.17, 15) is 4.79 Å². The molecule has 0 heterocycles. The zero-order valence-corrected chi connectivity index (χ0v) is 8.97. The molecule has 2 N–H and O–H groups in total. The van der Waals surface area contributed by atoms with Crippen molar-refractivity contribution in [1.29, 1.82) is 0 Å². The Hall–Kier alpha value is -0.770. The van der Waals surface area contributed by atoms with E-state index in [0.29, 0.717) is 0 Å². The lowest BCUT2D eigenvalue weighted by Gasteiger charge is -2.26. The van der Waals surface area contributed by atoms with Gasteiger partial charge in [-0.2, -0.15) is 0 Å². The summed E-state index contributed by atoms with van der Waals surface area (Å²) in [5.74, 6) is 0. The first-order chi connectivity index (χ1) is 5.66. The molecule has 0 aromatic heterocycles. The van der Waals surface area contributed by atoms with Crippen molar-refractivity contribution in [1.82, 2.24) is 5.32 Å². The van der Waals surface area contributed by atoms with Crippen molar-refractivity contribution in [3.05, 3.63) is 0 Å². The lowest BCUT2D eigenvalue weighted by atomic mass is 10.1. The van der Waals surface area contributed by atoms with Crippen LogP contribution in [0.25, 0.3) is 0 Å². The van der Waals surface area contributed by atoms with Gasteiger partial charge in [-0.1, -0.05) is 0 Å². The van der Waals surface area contributed by atoms with E-state index in [1.165, 1.54) is 0 Å². The Morgan fingerprint density at radius 1 is 1.31 bits per heavy atom. The van der Waals surface area contributed by atoms with Gasteiger partial charge in [0.25, 0.3) is 0 Å². The van der Waals surface area contributed by atoms with E-state index in [4.69, 9.17) is 9.84 Å². The average molecular weight is 189 g/mol. The molecule has 13 heavy (non-hydrogen) atoms. The third-order valence-corrected chi connectivity index (χ3v) is 1.23. The third-order valence-electron chi connectivity index (χ3n) is 1.23. The maximum atomic E-state index is 11.2. The Morgan fingerprint density at radius 2 is 1.77 bits per heavy atom. The van der Waals surface area contributed by atoms with Gasteiger partial charge in [-0.25, -0.2) is 4.79 Å². The number of hydrogen-bond donors (Lipinski definition) is 2. The number of aliphatic hydroxyl groups is 1. The van der Waals surface area contributed by atoms with Crippen LogP contribution in [0.2, 0.25) is 0 Å². The molecule has 78 valence electrons. The summed E-state index contributed by atoms with van der Waals surface area (Å²) in [7, 11) is 0. The summed E-state index contributed by atoms with van der Waals surface area (Å²) in [6.45, 7) is 8.69. The fraction of sp³-hybridized carbons (Fsp3) is 0.889. The van der Waals surface area contributed by atoms with Crippen molar-refractivity contribution in [2.45, 2.75) is 45.8 Å². The van der Waals surface area contributed by atoms with Crippen molar-refractivity contribution in [2.24, 2.45) is 0 Å². The zero-order chi connectivity index (χ0) is 10.7. The summed E-state index contributed by atoms with van der Waals surface area (Å²) in [5, 5.41) is 11.5. The van der Waals surface area contributed by atoms with Crippen molar-refractivity contribution < 1.29 is 14.6 Å². The van der Waals surface area contributed by atoms with Crippen LogP contribution < -0.4 is 5.32 Å². The smallest absolute Gasteiger partial charge is 0.408 e. The van der Waals surface area contributed by atoms with Gasteiger partial charge in [-0.15, -0.1) is 0 Å². The van der Waals surface area contributed by atoms with Gasteiger partial charge in [0.2, 0.25) is 0 Å². The van der Waals surface area contributed by atoms with Gasteiger partial charge < -0.3 is 15.2 Å². The Labute approximate surface area is 79.3 Å². The molecule has 0 radical (unpaired) electrons. The first-order valence-corrected chi connectivity index (χ1v) is 4.28. The average Bonchev–Trinajstić information content (AvgIpc) is 1.81. The summed E-state index contributed by atoms with van der Waals surface area (Å²) < 4.78 is 4.96. The van der Waals surface area contributed by atoms with Crippen LogP contribution in [0.4, 0.5) is 4.79 Å². The summed E-state index contributed by atoms with van der Waals surface area (Å²) in [5.41, 5.74) is -1.14. The molecular formula is C9H19NO3. The maximum Gasteiger partial charge on any atom is 0.408 e. The van der Waals surface area contributed by atoms with Crippen LogP contribution >= 0.6 is 0 Å². The second-order valence-electron chi connectivity index (χ2n) is 4.68. The molecule has 0 bridgehead atoms. The van der Waals surface area contributed by atoms with Crippen molar-refractivity contribution in [2.75, 3.05) is 6.61 Å². The Bertz CT molecular complexity index is 182. The molecule has 4 heteroatoms. The second-order valence-corrected chi connectivity index (χ2v) is 4.68. The monoisotopic (exact) mass is 189 g/mol. The molecular weight excluding hydrogens is 170 g/mol. The van der Waals surface area contributed by atoms with Crippen LogP contribution in [-0.4, -0.2) is 28.9 Å². The van der Waals surface area contributed by atoms with Crippen LogP contribution in [0.5, 0.6) is 0 Å². The highest BCUT2D eigenvalue weighted by atomic mass is 16.6. The molecule has 0 rings (SSSR count). The Balaban J connectivity index is 4.03. The van der Waals surface area contributed by atoms with Gasteiger partial charge in [-0.05, 0) is 34.6 Å². The number of nitrogens with one attached hydrogen (secondary N) is 1. The Kier molecular flexibility index (Phi) is 3.72. The minimum Gasteiger partial charge on any atom is -0.441 e. The highest BCUT2D eigenvalue weighted by Gasteiger charge is 2.24. The zero-order valence-electron chi connectivity index (χ0n) is 8.97. The molecule has 0 saturated carbocycles. The molecule has 0 aromatic carbocycles. The minimum absolute atomic E-state index is 0.190. The highest BCUT2D eigenvalue weighted by molar-refractivity contribution is 5.68. The fourth-order valence-corrected chi connectivity index (χ4v) is 0.615. The summed E-state index contributed by atoms with van der Waals surface area (Å²) in [4.78, 5) is 11.2. The summed E-state index contributed by atoms with van der Waals surface area (Å²) >= 11 is 0. The van der Waals surface area contributed by atoms with E-state index in [0.717, 1.165) is 0 Å². The fourth-order valence-electron chi connectivity index (χ4n) is 0.615. The minimum atomic E-state index is -0.824. The Morgan fingerprint density at radius 3 is 2.08 bits per heavy atom. The van der Waals surface area contributed by atoms with Crippen LogP contribution in [0.3, 0.4) is 0 Å². The van der Waals surface area contributed by atoms with E-state index in [1.807, 2.05) is 20.8 Å². The number of aliphatic hydroxyl groups excluding tert-OH is 1. The summed E-state index contributed by atoms with van der Waals surface area (Å²) in [6, 6.07) is 0. The van der Waals surface area contributed by atoms with Gasteiger partial charge >= 0.3 is 6.09 Å². The van der Waals surface area contributed by atoms with Crippen molar-refractivity contribution in [3.63, 3.8) is 0 Å². The van der Waals surface area contributed by atoms with E-state index in [2.05, 4.69) is 5.32 Å². The number of carbonyl (C=O) groups excluding carboxylic acids is 1. The third kappa shape index (κ3) is 6.40. The highest BCUT2D eigenvalue weighted by Crippen LogP contribution is 2.09. The topological polar surface area (TPSA) is 58.6 Å². The maximum absolute atomic E-state index is 11.2. The number of hydrogen-bond acceptors (Lipinski definition) is 3. The lowest BCUT2D eigenvalue weighted by molar-refractivity contribution is -0.00598. The van der Waals surface area contributed by atoms with Gasteiger partial charge in [0, 0.05) is 5.54 Å². The van der Waals surface area contributed by atoms with E-state index >= 15 is 0 Å². The van der Waals surface area contributed by atoms with E-state index in [-0.39, 0.29) is 12.1 Å². The van der Waals surface area contributed by atoms with Crippen LogP contribution in [-0.2, 0) is 4.74 Å². The van der Waals surface area contributed by atoms with Gasteiger partial charge in [0.1, 0.15) is 5.60 Å². The standard InChI is InChI=1S/C9H19NO3/c1-8(2,3)10-7(12)13-9(4,5)6-11/h11H,6H2,1-5H3,(H,10,12). The number of rotatable bonds is 2. The van der Waals surface area contributed by atoms with Crippen LogP contribution in [0.1, 0.15) is 34.6 Å². The normalized spacial score (nSPS) is 12.5. The van der Waals surface area contributed by atoms with Gasteiger partial charge in [0.15, 0.2) is 0 Å². The predicted molar refractivity (Wildman–Crippen MR) is 50.5 cm³/mol. The summed E-state index contributed by atoms with van der Waals surface area (Å²) in [6.07, 6.45) is -0.508. The van der Waals surface area contributed by atoms with Crippen molar-refractivity contribution in [3.8, 4) is 0 Å². The first-order valence-electron chi connectivity index (χ1n) is 4.28. The lowest BCUT2D eigenvalue weighted by Crippen LogP contribution is -2.45. The quantitative estimate of drug-likeness (QED) is 0.688. The van der Waals surface area contributed by atoms with E-state index in [1.54, 1.807) is 13.8 Å². The predicted octanol–water partition coefficient (Wildman–Crippen LogP) is 1.28. The largest absolute Gasteiger partial charge is 0.441 e. The molecule has 0 aliphatic carbocycles. The SMILES string of the molecule is CC(C)(C)NC(=O)OC(C)(C)CO. The van der Waals surface area contributed by atoms with Gasteiger partial charge in [0.05, 0.1) is 6.61 Å². The second kappa shape index (κ2) is 3.96. The number of ether oxygens (including phenoxy) is 1. The molecule has 4 nitrogen and oxygen atoms in total. The number of alkyl carbamates (subject to hydrolysis) is 1. The molecule has 0 saturated heterocycles. The van der Waals surface area contributed by atoms with Crippen LogP contribution in [0, 0.1) is 0 Å². The molecule has 0 aromatic rings. The van der Waals surface area contributed by atoms with Crippen molar-refractivity contribution >= 4 is 6.09 Å². The van der Waals surface area contributed by atoms with Crippen LogP contribution in [0.15, 0.2) is 0 Å². The molecule has 0 fully saturated rings. The first kappa shape index (κ1) is 12.2.